The third-order valence-corrected chi connectivity index (χ3v) is 4.61. The molecule has 0 radical (unpaired) electrons. The summed E-state index contributed by atoms with van der Waals surface area (Å²) in [6.45, 7) is 8.45. The number of aromatic nitrogens is 1. The third-order valence-electron chi connectivity index (χ3n) is 4.61. The van der Waals surface area contributed by atoms with Gasteiger partial charge in [-0.2, -0.15) is 0 Å². The van der Waals surface area contributed by atoms with Gasteiger partial charge in [0.05, 0.1) is 0 Å². The highest BCUT2D eigenvalue weighted by molar-refractivity contribution is 6.39. The molecule has 27 heavy (non-hydrogen) atoms. The molecule has 0 spiro atoms. The van der Waals surface area contributed by atoms with Gasteiger partial charge in [-0.1, -0.05) is 0 Å². The molecule has 2 amide bonds. The van der Waals surface area contributed by atoms with Gasteiger partial charge in [-0.15, -0.1) is 0 Å². The van der Waals surface area contributed by atoms with E-state index in [-0.39, 0.29) is 0 Å². The molecule has 1 N–H and O–H groups in total. The van der Waals surface area contributed by atoms with E-state index < -0.39 is 11.8 Å². The summed E-state index contributed by atoms with van der Waals surface area (Å²) in [7, 11) is 1.64. The topological polar surface area (TPSA) is 65.5 Å². The van der Waals surface area contributed by atoms with E-state index in [1.54, 1.807) is 19.4 Å². The first kappa shape index (κ1) is 20.4. The Bertz CT molecular complexity index is 773. The molecule has 0 aliphatic rings. The van der Waals surface area contributed by atoms with Crippen molar-refractivity contribution in [3.05, 3.63) is 53.9 Å². The smallest absolute Gasteiger partial charge is 0.313 e. The van der Waals surface area contributed by atoms with Crippen molar-refractivity contribution in [2.24, 2.45) is 0 Å². The van der Waals surface area contributed by atoms with Crippen LogP contribution in [0.25, 0.3) is 0 Å². The second kappa shape index (κ2) is 9.71. The number of amides is 2. The van der Waals surface area contributed by atoms with Crippen molar-refractivity contribution in [2.45, 2.75) is 27.2 Å². The Kier molecular flexibility index (Phi) is 7.34. The standard InChI is InChI=1S/C21H28N4O2/c1-5-25(6-2)18-7-8-19(16(3)15-18)23-20(26)21(27)24(4)14-11-17-9-12-22-13-10-17/h7-10,12-13,15H,5-6,11,14H2,1-4H3,(H,23,26). The molecule has 1 aromatic heterocycles. The van der Waals surface area contributed by atoms with E-state index in [4.69, 9.17) is 0 Å². The molecule has 0 saturated heterocycles. The molecule has 0 aliphatic carbocycles. The molecule has 6 heteroatoms. The second-order valence-electron chi connectivity index (χ2n) is 6.46. The number of rotatable bonds is 7. The first-order valence-electron chi connectivity index (χ1n) is 9.27. The lowest BCUT2D eigenvalue weighted by Crippen LogP contribution is -2.38. The van der Waals surface area contributed by atoms with Crippen molar-refractivity contribution >= 4 is 23.2 Å². The number of pyridine rings is 1. The fourth-order valence-electron chi connectivity index (χ4n) is 2.87. The molecule has 144 valence electrons. The van der Waals surface area contributed by atoms with Crippen LogP contribution in [-0.2, 0) is 16.0 Å². The molecule has 0 saturated carbocycles. The van der Waals surface area contributed by atoms with Gasteiger partial charge in [0.2, 0.25) is 0 Å². The third kappa shape index (κ3) is 5.54. The van der Waals surface area contributed by atoms with E-state index in [0.29, 0.717) is 18.7 Å². The molecule has 0 unspecified atom stereocenters. The van der Waals surface area contributed by atoms with E-state index in [1.807, 2.05) is 37.3 Å². The number of benzene rings is 1. The molecule has 2 rings (SSSR count). The van der Waals surface area contributed by atoms with Crippen molar-refractivity contribution < 1.29 is 9.59 Å². The fourth-order valence-corrected chi connectivity index (χ4v) is 2.87. The second-order valence-corrected chi connectivity index (χ2v) is 6.46. The summed E-state index contributed by atoms with van der Waals surface area (Å²) in [6, 6.07) is 9.65. The summed E-state index contributed by atoms with van der Waals surface area (Å²) in [5.41, 5.74) is 3.77. The van der Waals surface area contributed by atoms with Gasteiger partial charge in [0.1, 0.15) is 0 Å². The van der Waals surface area contributed by atoms with E-state index in [2.05, 4.69) is 29.0 Å². The van der Waals surface area contributed by atoms with Gasteiger partial charge >= 0.3 is 11.8 Å². The van der Waals surface area contributed by atoms with Crippen molar-refractivity contribution in [3.8, 4) is 0 Å². The molecule has 0 bridgehead atoms. The number of anilines is 2. The molecule has 0 fully saturated rings. The minimum absolute atomic E-state index is 0.468. The van der Waals surface area contributed by atoms with Gasteiger partial charge in [-0.25, -0.2) is 0 Å². The number of hydrogen-bond donors (Lipinski definition) is 1. The van der Waals surface area contributed by atoms with Gasteiger partial charge in [-0.05, 0) is 68.7 Å². The highest BCUT2D eigenvalue weighted by Gasteiger charge is 2.19. The van der Waals surface area contributed by atoms with Crippen LogP contribution in [0, 0.1) is 6.92 Å². The zero-order valence-electron chi connectivity index (χ0n) is 16.5. The Hall–Kier alpha value is -2.89. The quantitative estimate of drug-likeness (QED) is 0.763. The fraction of sp³-hybridized carbons (Fsp3) is 0.381. The van der Waals surface area contributed by atoms with Crippen LogP contribution >= 0.6 is 0 Å². The van der Waals surface area contributed by atoms with Crippen molar-refractivity contribution in [1.29, 1.82) is 0 Å². The van der Waals surface area contributed by atoms with E-state index >= 15 is 0 Å². The number of nitrogens with one attached hydrogen (secondary N) is 1. The van der Waals surface area contributed by atoms with Crippen LogP contribution in [0.1, 0.15) is 25.0 Å². The van der Waals surface area contributed by atoms with E-state index in [0.717, 1.165) is 29.9 Å². The van der Waals surface area contributed by atoms with Gasteiger partial charge in [-0.3, -0.25) is 14.6 Å². The molecule has 1 aromatic carbocycles. The Balaban J connectivity index is 1.96. The number of carbonyl (C=O) groups excluding carboxylic acids is 2. The molecule has 0 atom stereocenters. The van der Waals surface area contributed by atoms with E-state index in [9.17, 15) is 9.59 Å². The number of aryl methyl sites for hydroxylation is 1. The summed E-state index contributed by atoms with van der Waals surface area (Å²) >= 11 is 0. The molecule has 6 nitrogen and oxygen atoms in total. The normalized spacial score (nSPS) is 10.4. The first-order chi connectivity index (χ1) is 13.0. The SMILES string of the molecule is CCN(CC)c1ccc(NC(=O)C(=O)N(C)CCc2ccncc2)c(C)c1. The summed E-state index contributed by atoms with van der Waals surface area (Å²) in [5.74, 6) is -1.16. The lowest BCUT2D eigenvalue weighted by Gasteiger charge is -2.22. The van der Waals surface area contributed by atoms with Gasteiger partial charge in [0.15, 0.2) is 0 Å². The predicted molar refractivity (Wildman–Crippen MR) is 109 cm³/mol. The maximum atomic E-state index is 12.3. The summed E-state index contributed by atoms with van der Waals surface area (Å²) in [6.07, 6.45) is 4.11. The van der Waals surface area contributed by atoms with Crippen LogP contribution in [0.3, 0.4) is 0 Å². The zero-order valence-corrected chi connectivity index (χ0v) is 16.5. The lowest BCUT2D eigenvalue weighted by atomic mass is 10.1. The minimum Gasteiger partial charge on any atom is -0.372 e. The lowest BCUT2D eigenvalue weighted by molar-refractivity contribution is -0.142. The van der Waals surface area contributed by atoms with Gasteiger partial charge < -0.3 is 15.1 Å². The van der Waals surface area contributed by atoms with Crippen molar-refractivity contribution in [2.75, 3.05) is 36.9 Å². The molecular weight excluding hydrogens is 340 g/mol. The minimum atomic E-state index is -0.620. The highest BCUT2D eigenvalue weighted by Crippen LogP contribution is 2.22. The Morgan fingerprint density at radius 2 is 1.74 bits per heavy atom. The van der Waals surface area contributed by atoms with E-state index in [1.165, 1.54) is 4.90 Å². The Morgan fingerprint density at radius 1 is 1.07 bits per heavy atom. The number of likely N-dealkylation sites (N-methyl/N-ethyl adjacent to an activating group) is 1. The Labute approximate surface area is 161 Å². The number of nitrogens with zero attached hydrogens (tertiary/aromatic N) is 3. The van der Waals surface area contributed by atoms with Crippen LogP contribution < -0.4 is 10.2 Å². The monoisotopic (exact) mass is 368 g/mol. The molecular formula is C21H28N4O2. The van der Waals surface area contributed by atoms with Gasteiger partial charge in [0, 0.05) is 50.5 Å². The molecule has 1 heterocycles. The summed E-state index contributed by atoms with van der Waals surface area (Å²) in [4.78, 5) is 32.3. The molecule has 0 aliphatic heterocycles. The maximum Gasteiger partial charge on any atom is 0.313 e. The first-order valence-corrected chi connectivity index (χ1v) is 9.27. The zero-order chi connectivity index (χ0) is 19.8. The van der Waals surface area contributed by atoms with Crippen LogP contribution in [0.5, 0.6) is 0 Å². The van der Waals surface area contributed by atoms with Gasteiger partial charge in [0.25, 0.3) is 0 Å². The van der Waals surface area contributed by atoms with Crippen molar-refractivity contribution in [3.63, 3.8) is 0 Å². The average Bonchev–Trinajstić information content (AvgIpc) is 2.69. The van der Waals surface area contributed by atoms with Crippen LogP contribution in [0.2, 0.25) is 0 Å². The van der Waals surface area contributed by atoms with Crippen LogP contribution in [-0.4, -0.2) is 48.4 Å². The largest absolute Gasteiger partial charge is 0.372 e. The number of hydrogen-bond acceptors (Lipinski definition) is 4. The maximum absolute atomic E-state index is 12.3. The molecule has 2 aromatic rings. The van der Waals surface area contributed by atoms with Crippen LogP contribution in [0.4, 0.5) is 11.4 Å². The Morgan fingerprint density at radius 3 is 2.33 bits per heavy atom. The number of carbonyl (C=O) groups is 2. The van der Waals surface area contributed by atoms with Crippen LogP contribution in [0.15, 0.2) is 42.7 Å². The summed E-state index contributed by atoms with van der Waals surface area (Å²) < 4.78 is 0. The van der Waals surface area contributed by atoms with Crippen molar-refractivity contribution in [1.82, 2.24) is 9.88 Å². The summed E-state index contributed by atoms with van der Waals surface area (Å²) in [5, 5.41) is 2.73. The average molecular weight is 368 g/mol. The predicted octanol–water partition coefficient (Wildman–Crippen LogP) is 2.88. The highest BCUT2D eigenvalue weighted by atomic mass is 16.2.